The summed E-state index contributed by atoms with van der Waals surface area (Å²) in [5.41, 5.74) is 1.15. The molecule has 1 fully saturated rings. The smallest absolute Gasteiger partial charge is 0.260 e. The summed E-state index contributed by atoms with van der Waals surface area (Å²) in [7, 11) is 2.02. The summed E-state index contributed by atoms with van der Waals surface area (Å²) in [6, 6.07) is 12.0. The van der Waals surface area contributed by atoms with Crippen LogP contribution in [-0.4, -0.2) is 75.9 Å². The lowest BCUT2D eigenvalue weighted by Gasteiger charge is -2.30. The lowest BCUT2D eigenvalue weighted by atomic mass is 10.0. The van der Waals surface area contributed by atoms with Crippen molar-refractivity contribution in [3.8, 4) is 5.75 Å². The molecule has 1 aliphatic heterocycles. The second-order valence-electron chi connectivity index (χ2n) is 9.55. The van der Waals surface area contributed by atoms with Crippen molar-refractivity contribution in [3.05, 3.63) is 48.0 Å². The first-order chi connectivity index (χ1) is 17.2. The minimum atomic E-state index is -3.58. The molecule has 0 N–H and O–H groups in total. The number of piperidine rings is 1. The van der Waals surface area contributed by atoms with Crippen LogP contribution in [0, 0.1) is 5.92 Å². The fourth-order valence-electron chi connectivity index (χ4n) is 4.46. The molecule has 1 atom stereocenters. The van der Waals surface area contributed by atoms with Gasteiger partial charge >= 0.3 is 0 Å². The van der Waals surface area contributed by atoms with Crippen molar-refractivity contribution in [3.63, 3.8) is 0 Å². The average molecular weight is 531 g/mol. The van der Waals surface area contributed by atoms with Crippen molar-refractivity contribution in [1.82, 2.24) is 14.2 Å². The van der Waals surface area contributed by atoms with Crippen molar-refractivity contribution < 1.29 is 17.9 Å². The molecule has 2 aromatic carbocycles. The Morgan fingerprint density at radius 3 is 2.58 bits per heavy atom. The number of benzene rings is 2. The van der Waals surface area contributed by atoms with Gasteiger partial charge in [-0.05, 0) is 82.2 Å². The van der Waals surface area contributed by atoms with Crippen molar-refractivity contribution >= 4 is 42.6 Å². The van der Waals surface area contributed by atoms with Crippen molar-refractivity contribution in [2.24, 2.45) is 5.92 Å². The summed E-state index contributed by atoms with van der Waals surface area (Å²) in [6.07, 6.45) is 2.68. The first kappa shape index (κ1) is 26.5. The van der Waals surface area contributed by atoms with Gasteiger partial charge in [0.1, 0.15) is 11.3 Å². The van der Waals surface area contributed by atoms with Crippen molar-refractivity contribution in [2.45, 2.75) is 31.1 Å². The minimum Gasteiger partial charge on any atom is -0.494 e. The lowest BCUT2D eigenvalue weighted by Crippen LogP contribution is -2.39. The number of carbonyl (C=O) groups is 1. The molecular weight excluding hydrogens is 496 g/mol. The summed E-state index contributed by atoms with van der Waals surface area (Å²) in [4.78, 5) is 22.4. The molecule has 1 amide bonds. The molecule has 2 heterocycles. The van der Waals surface area contributed by atoms with E-state index in [1.165, 1.54) is 11.3 Å². The van der Waals surface area contributed by atoms with Gasteiger partial charge in [0.05, 0.1) is 16.7 Å². The highest BCUT2D eigenvalue weighted by atomic mass is 32.2. The van der Waals surface area contributed by atoms with Crippen LogP contribution in [0.5, 0.6) is 5.75 Å². The molecule has 1 aromatic heterocycles. The van der Waals surface area contributed by atoms with Crippen LogP contribution in [0.25, 0.3) is 10.2 Å². The van der Waals surface area contributed by atoms with Crippen LogP contribution >= 0.6 is 11.3 Å². The highest BCUT2D eigenvalue weighted by molar-refractivity contribution is 7.89. The molecule has 4 rings (SSSR count). The standard InChI is InChI=1S/C26H34N4O4S2/c1-19-8-6-16-29(18-19)36(32,33)21-13-11-20(12-14-21)25(31)30(17-7-15-28(2)3)26-27-24-22(34-4)9-5-10-23(24)35-26/h5,9-14,19H,6-8,15-18H2,1-4H3. The number of thiazole rings is 1. The van der Waals surface area contributed by atoms with Crippen LogP contribution in [-0.2, 0) is 10.0 Å². The summed E-state index contributed by atoms with van der Waals surface area (Å²) >= 11 is 1.44. The second-order valence-corrected chi connectivity index (χ2v) is 12.5. The minimum absolute atomic E-state index is 0.206. The van der Waals surface area contributed by atoms with Gasteiger partial charge in [0.25, 0.3) is 5.91 Å². The van der Waals surface area contributed by atoms with Gasteiger partial charge in [-0.3, -0.25) is 9.69 Å². The Kier molecular flexibility index (Phi) is 8.29. The molecule has 1 aliphatic rings. The topological polar surface area (TPSA) is 83.0 Å². The van der Waals surface area contributed by atoms with Gasteiger partial charge in [0.2, 0.25) is 10.0 Å². The Morgan fingerprint density at radius 2 is 1.92 bits per heavy atom. The first-order valence-corrected chi connectivity index (χ1v) is 14.5. The lowest BCUT2D eigenvalue weighted by molar-refractivity contribution is 0.0986. The zero-order valence-corrected chi connectivity index (χ0v) is 22.9. The van der Waals surface area contributed by atoms with E-state index < -0.39 is 10.0 Å². The van der Waals surface area contributed by atoms with Crippen LogP contribution in [0.1, 0.15) is 36.5 Å². The fraction of sp³-hybridized carbons (Fsp3) is 0.462. The monoisotopic (exact) mass is 530 g/mol. The number of nitrogens with zero attached hydrogens (tertiary/aromatic N) is 4. The van der Waals surface area contributed by atoms with Crippen molar-refractivity contribution in [1.29, 1.82) is 0 Å². The number of rotatable bonds is 9. The average Bonchev–Trinajstić information content (AvgIpc) is 3.30. The van der Waals surface area contributed by atoms with Gasteiger partial charge < -0.3 is 9.64 Å². The third-order valence-corrected chi connectivity index (χ3v) is 9.34. The molecule has 36 heavy (non-hydrogen) atoms. The Hall–Kier alpha value is -2.53. The molecular formula is C26H34N4O4S2. The molecule has 194 valence electrons. The van der Waals surface area contributed by atoms with E-state index in [-0.39, 0.29) is 10.8 Å². The number of ether oxygens (including phenoxy) is 1. The van der Waals surface area contributed by atoms with Crippen LogP contribution in [0.4, 0.5) is 5.13 Å². The summed E-state index contributed by atoms with van der Waals surface area (Å²) in [5, 5.41) is 0.595. The van der Waals surface area contributed by atoms with Gasteiger partial charge in [-0.15, -0.1) is 0 Å². The van der Waals surface area contributed by atoms with E-state index in [1.54, 1.807) is 40.6 Å². The van der Waals surface area contributed by atoms with Gasteiger partial charge in [0.15, 0.2) is 5.13 Å². The van der Waals surface area contributed by atoms with E-state index in [0.717, 1.165) is 36.0 Å². The highest BCUT2D eigenvalue weighted by Gasteiger charge is 2.29. The zero-order valence-electron chi connectivity index (χ0n) is 21.3. The number of amides is 1. The quantitative estimate of drug-likeness (QED) is 0.410. The van der Waals surface area contributed by atoms with Gasteiger partial charge in [-0.25, -0.2) is 13.4 Å². The number of hydrogen-bond donors (Lipinski definition) is 0. The molecule has 0 saturated carbocycles. The predicted octanol–water partition coefficient (Wildman–Crippen LogP) is 4.32. The van der Waals surface area contributed by atoms with E-state index in [2.05, 4.69) is 11.8 Å². The fourth-order valence-corrected chi connectivity index (χ4v) is 7.07. The Balaban J connectivity index is 1.61. The number of carbonyl (C=O) groups excluding carboxylic acids is 1. The number of para-hydroxylation sites is 1. The third kappa shape index (κ3) is 5.72. The number of aromatic nitrogens is 1. The van der Waals surface area contributed by atoms with E-state index in [1.807, 2.05) is 32.3 Å². The molecule has 0 aliphatic carbocycles. The maximum atomic E-state index is 13.6. The molecule has 3 aromatic rings. The van der Waals surface area contributed by atoms with E-state index in [9.17, 15) is 13.2 Å². The molecule has 0 spiro atoms. The zero-order chi connectivity index (χ0) is 25.9. The third-order valence-electron chi connectivity index (χ3n) is 6.41. The SMILES string of the molecule is COc1cccc2sc(N(CCCN(C)C)C(=O)c3ccc(S(=O)(=O)N4CCCC(C)C4)cc3)nc12. The largest absolute Gasteiger partial charge is 0.494 e. The van der Waals surface area contributed by atoms with Gasteiger partial charge in [-0.1, -0.05) is 24.3 Å². The molecule has 1 saturated heterocycles. The highest BCUT2D eigenvalue weighted by Crippen LogP contribution is 2.35. The number of sulfonamides is 1. The maximum absolute atomic E-state index is 13.6. The number of fused-ring (bicyclic) bond motifs is 1. The molecule has 8 nitrogen and oxygen atoms in total. The number of methoxy groups -OCH3 is 1. The Labute approximate surface area is 217 Å². The Bertz CT molecular complexity index is 1310. The van der Waals surface area contributed by atoms with Gasteiger partial charge in [0, 0.05) is 25.2 Å². The number of anilines is 1. The number of hydrogen-bond acceptors (Lipinski definition) is 7. The predicted molar refractivity (Wildman–Crippen MR) is 145 cm³/mol. The second kappa shape index (κ2) is 11.2. The van der Waals surface area contributed by atoms with Crippen LogP contribution in [0.2, 0.25) is 0 Å². The molecule has 10 heteroatoms. The maximum Gasteiger partial charge on any atom is 0.260 e. The normalized spacial score (nSPS) is 17.0. The summed E-state index contributed by atoms with van der Waals surface area (Å²) in [6.45, 7) is 4.46. The van der Waals surface area contributed by atoms with Crippen LogP contribution in [0.15, 0.2) is 47.4 Å². The van der Waals surface area contributed by atoms with Gasteiger partial charge in [-0.2, -0.15) is 4.31 Å². The van der Waals surface area contributed by atoms with E-state index >= 15 is 0 Å². The van der Waals surface area contributed by atoms with E-state index in [0.29, 0.717) is 42.0 Å². The van der Waals surface area contributed by atoms with Crippen LogP contribution in [0.3, 0.4) is 0 Å². The first-order valence-electron chi connectivity index (χ1n) is 12.2. The molecule has 0 bridgehead atoms. The molecule has 0 radical (unpaired) electrons. The summed E-state index contributed by atoms with van der Waals surface area (Å²) < 4.78 is 34.2. The van der Waals surface area contributed by atoms with Crippen LogP contribution < -0.4 is 9.64 Å². The molecule has 1 unspecified atom stereocenters. The van der Waals surface area contributed by atoms with E-state index in [4.69, 9.17) is 9.72 Å². The van der Waals surface area contributed by atoms with Crippen molar-refractivity contribution in [2.75, 3.05) is 52.3 Å². The Morgan fingerprint density at radius 1 is 1.17 bits per heavy atom. The summed E-state index contributed by atoms with van der Waals surface area (Å²) in [5.74, 6) is 0.803.